The molecular weight excluding hydrogens is 352 g/mol. The van der Waals surface area contributed by atoms with E-state index in [-0.39, 0.29) is 11.5 Å². The van der Waals surface area contributed by atoms with Crippen LogP contribution in [0.15, 0.2) is 71.7 Å². The van der Waals surface area contributed by atoms with Gasteiger partial charge in [0.05, 0.1) is 0 Å². The van der Waals surface area contributed by atoms with Gasteiger partial charge in [0.25, 0.3) is 11.5 Å². The number of benzene rings is 2. The third-order valence-electron chi connectivity index (χ3n) is 4.64. The first kappa shape index (κ1) is 17.6. The van der Waals surface area contributed by atoms with Crippen LogP contribution in [-0.2, 0) is 7.05 Å². The second-order valence-electron chi connectivity index (χ2n) is 6.52. The monoisotopic (exact) mass is 370 g/mol. The van der Waals surface area contributed by atoms with Crippen LogP contribution in [0.4, 0.5) is 5.69 Å². The van der Waals surface area contributed by atoms with Crippen LogP contribution in [0.1, 0.15) is 15.9 Å². The molecule has 0 fully saturated rings. The van der Waals surface area contributed by atoms with Gasteiger partial charge in [0.15, 0.2) is 5.65 Å². The summed E-state index contributed by atoms with van der Waals surface area (Å²) in [6, 6.07) is 18.0. The van der Waals surface area contributed by atoms with E-state index in [1.807, 2.05) is 37.3 Å². The number of aryl methyl sites for hydroxylation is 2. The van der Waals surface area contributed by atoms with Gasteiger partial charge in [0.2, 0.25) is 0 Å². The van der Waals surface area contributed by atoms with Gasteiger partial charge in [-0.25, -0.2) is 9.97 Å². The molecule has 0 aliphatic heterocycles. The summed E-state index contributed by atoms with van der Waals surface area (Å²) in [4.78, 5) is 33.8. The average molecular weight is 370 g/mol. The Labute approximate surface area is 161 Å². The van der Waals surface area contributed by atoms with Crippen molar-refractivity contribution in [3.05, 3.63) is 88.3 Å². The number of fused-ring (bicyclic) bond motifs is 1. The number of anilines is 1. The Bertz CT molecular complexity index is 1240. The maximum Gasteiger partial charge on any atom is 0.278 e. The predicted molar refractivity (Wildman–Crippen MR) is 109 cm³/mol. The zero-order valence-electron chi connectivity index (χ0n) is 15.5. The zero-order valence-corrected chi connectivity index (χ0v) is 15.5. The van der Waals surface area contributed by atoms with Crippen molar-refractivity contribution < 1.29 is 4.79 Å². The number of carbonyl (C=O) groups excluding carboxylic acids is 1. The van der Waals surface area contributed by atoms with Crippen LogP contribution in [0.2, 0.25) is 0 Å². The number of para-hydroxylation sites is 1. The lowest BCUT2D eigenvalue weighted by atomic mass is 10.1. The molecule has 0 atom stereocenters. The first-order chi connectivity index (χ1) is 13.5. The van der Waals surface area contributed by atoms with Crippen LogP contribution in [0.3, 0.4) is 0 Å². The second kappa shape index (κ2) is 7.08. The minimum atomic E-state index is -0.233. The molecule has 28 heavy (non-hydrogen) atoms. The van der Waals surface area contributed by atoms with Crippen LogP contribution >= 0.6 is 0 Å². The topological polar surface area (TPSA) is 76.9 Å². The van der Waals surface area contributed by atoms with Gasteiger partial charge >= 0.3 is 0 Å². The Morgan fingerprint density at radius 1 is 1.00 bits per heavy atom. The van der Waals surface area contributed by atoms with Gasteiger partial charge < -0.3 is 5.32 Å². The summed E-state index contributed by atoms with van der Waals surface area (Å²) in [6.45, 7) is 1.94. The molecule has 0 saturated heterocycles. The molecule has 1 amide bonds. The Hall–Kier alpha value is -3.80. The number of nitrogens with zero attached hydrogens (tertiary/aromatic N) is 3. The number of hydrogen-bond donors (Lipinski definition) is 1. The number of aromatic nitrogens is 3. The van der Waals surface area contributed by atoms with E-state index in [1.165, 1.54) is 4.57 Å². The fourth-order valence-corrected chi connectivity index (χ4v) is 3.03. The van der Waals surface area contributed by atoms with Gasteiger partial charge in [-0.3, -0.25) is 14.2 Å². The normalized spacial score (nSPS) is 10.8. The number of carbonyl (C=O) groups is 1. The van der Waals surface area contributed by atoms with Gasteiger partial charge in [0.1, 0.15) is 11.2 Å². The zero-order chi connectivity index (χ0) is 19.7. The molecule has 0 unspecified atom stereocenters. The lowest BCUT2D eigenvalue weighted by Crippen LogP contribution is -2.21. The molecule has 0 spiro atoms. The number of amides is 1. The molecule has 0 radical (unpaired) electrons. The van der Waals surface area contributed by atoms with Gasteiger partial charge in [-0.1, -0.05) is 30.3 Å². The molecule has 2 heterocycles. The van der Waals surface area contributed by atoms with E-state index in [4.69, 9.17) is 0 Å². The summed E-state index contributed by atoms with van der Waals surface area (Å²) in [5.41, 5.74) is 4.19. The molecule has 0 aliphatic rings. The van der Waals surface area contributed by atoms with Crippen molar-refractivity contribution in [2.75, 3.05) is 5.32 Å². The molecule has 4 rings (SSSR count). The molecule has 0 bridgehead atoms. The van der Waals surface area contributed by atoms with Crippen LogP contribution in [0.5, 0.6) is 0 Å². The SMILES string of the molecule is Cc1ccccc1NC(=O)c1ccc(-c2nc3cccnc3n(C)c2=O)cc1. The van der Waals surface area contributed by atoms with Gasteiger partial charge in [-0.05, 0) is 42.8 Å². The minimum Gasteiger partial charge on any atom is -0.322 e. The predicted octanol–water partition coefficient (Wildman–Crippen LogP) is 3.56. The molecule has 6 nitrogen and oxygen atoms in total. The smallest absolute Gasteiger partial charge is 0.278 e. The third-order valence-corrected chi connectivity index (χ3v) is 4.64. The Kier molecular flexibility index (Phi) is 4.45. The quantitative estimate of drug-likeness (QED) is 0.598. The van der Waals surface area contributed by atoms with Crippen LogP contribution in [-0.4, -0.2) is 20.4 Å². The van der Waals surface area contributed by atoms with E-state index < -0.39 is 0 Å². The number of pyridine rings is 1. The highest BCUT2D eigenvalue weighted by molar-refractivity contribution is 6.04. The first-order valence-electron chi connectivity index (χ1n) is 8.84. The number of hydrogen-bond acceptors (Lipinski definition) is 4. The van der Waals surface area contributed by atoms with Crippen molar-refractivity contribution >= 4 is 22.8 Å². The van der Waals surface area contributed by atoms with Crippen LogP contribution in [0, 0.1) is 6.92 Å². The highest BCUT2D eigenvalue weighted by atomic mass is 16.1. The summed E-state index contributed by atoms with van der Waals surface area (Å²) in [5, 5.41) is 2.90. The van der Waals surface area contributed by atoms with E-state index in [1.54, 1.807) is 43.6 Å². The van der Waals surface area contributed by atoms with Gasteiger partial charge in [0, 0.05) is 30.1 Å². The van der Waals surface area contributed by atoms with E-state index in [2.05, 4.69) is 15.3 Å². The Balaban J connectivity index is 1.66. The lowest BCUT2D eigenvalue weighted by molar-refractivity contribution is 0.102. The maximum absolute atomic E-state index is 12.7. The van der Waals surface area contributed by atoms with E-state index >= 15 is 0 Å². The maximum atomic E-state index is 12.7. The summed E-state index contributed by atoms with van der Waals surface area (Å²) >= 11 is 0. The van der Waals surface area contributed by atoms with E-state index in [0.717, 1.165) is 11.3 Å². The van der Waals surface area contributed by atoms with Crippen LogP contribution in [0.25, 0.3) is 22.4 Å². The van der Waals surface area contributed by atoms with Gasteiger partial charge in [-0.15, -0.1) is 0 Å². The molecule has 0 aliphatic carbocycles. The van der Waals surface area contributed by atoms with Crippen molar-refractivity contribution in [2.45, 2.75) is 6.92 Å². The van der Waals surface area contributed by atoms with Crippen molar-refractivity contribution in [1.82, 2.24) is 14.5 Å². The molecular formula is C22H18N4O2. The van der Waals surface area contributed by atoms with Crippen molar-refractivity contribution in [2.24, 2.45) is 7.05 Å². The van der Waals surface area contributed by atoms with Crippen molar-refractivity contribution in [1.29, 1.82) is 0 Å². The number of rotatable bonds is 3. The number of nitrogens with one attached hydrogen (secondary N) is 1. The highest BCUT2D eigenvalue weighted by Crippen LogP contribution is 2.19. The standard InChI is InChI=1S/C22H18N4O2/c1-14-6-3-4-7-17(14)25-21(27)16-11-9-15(10-12-16)19-22(28)26(2)20-18(24-19)8-5-13-23-20/h3-13H,1-2H3,(H,25,27). The first-order valence-corrected chi connectivity index (χ1v) is 8.84. The summed E-state index contributed by atoms with van der Waals surface area (Å²) in [6.07, 6.45) is 1.63. The van der Waals surface area contributed by atoms with E-state index in [0.29, 0.717) is 28.0 Å². The molecule has 2 aromatic carbocycles. The van der Waals surface area contributed by atoms with Crippen molar-refractivity contribution in [3.8, 4) is 11.3 Å². The molecule has 6 heteroatoms. The Morgan fingerprint density at radius 3 is 2.50 bits per heavy atom. The molecule has 138 valence electrons. The van der Waals surface area contributed by atoms with Crippen LogP contribution < -0.4 is 10.9 Å². The fraction of sp³-hybridized carbons (Fsp3) is 0.0909. The molecule has 2 aromatic heterocycles. The Morgan fingerprint density at radius 2 is 1.75 bits per heavy atom. The molecule has 1 N–H and O–H groups in total. The van der Waals surface area contributed by atoms with Crippen molar-refractivity contribution in [3.63, 3.8) is 0 Å². The van der Waals surface area contributed by atoms with E-state index in [9.17, 15) is 9.59 Å². The molecule has 4 aromatic rings. The molecule has 0 saturated carbocycles. The summed E-state index contributed by atoms with van der Waals surface area (Å²) < 4.78 is 1.48. The average Bonchev–Trinajstić information content (AvgIpc) is 2.72. The summed E-state index contributed by atoms with van der Waals surface area (Å²) in [5.74, 6) is -0.204. The highest BCUT2D eigenvalue weighted by Gasteiger charge is 2.13. The summed E-state index contributed by atoms with van der Waals surface area (Å²) in [7, 11) is 1.67. The lowest BCUT2D eigenvalue weighted by Gasteiger charge is -2.09. The van der Waals surface area contributed by atoms with Gasteiger partial charge in [-0.2, -0.15) is 0 Å². The largest absolute Gasteiger partial charge is 0.322 e. The third kappa shape index (κ3) is 3.16. The minimum absolute atomic E-state index is 0.204. The second-order valence-corrected chi connectivity index (χ2v) is 6.52. The fourth-order valence-electron chi connectivity index (χ4n) is 3.03.